The van der Waals surface area contributed by atoms with Crippen molar-refractivity contribution in [1.29, 1.82) is 0 Å². The summed E-state index contributed by atoms with van der Waals surface area (Å²) in [5, 5.41) is 11.8. The lowest BCUT2D eigenvalue weighted by Crippen LogP contribution is -2.42. The maximum absolute atomic E-state index is 12.2. The second-order valence-corrected chi connectivity index (χ2v) is 5.62. The molecule has 1 aliphatic heterocycles. The number of likely N-dealkylation sites (tertiary alicyclic amines) is 1. The van der Waals surface area contributed by atoms with Gasteiger partial charge in [0.1, 0.15) is 0 Å². The van der Waals surface area contributed by atoms with E-state index in [0.717, 1.165) is 0 Å². The number of rotatable bonds is 3. The molecule has 2 N–H and O–H groups in total. The Labute approximate surface area is 138 Å². The van der Waals surface area contributed by atoms with Gasteiger partial charge in [0.05, 0.1) is 23.6 Å². The number of esters is 1. The standard InChI is InChI=1S/C15H17ClN2O5/c1-23-14(21)11-3-2-10(8-12(11)16)17-15(22)18-6-4-9(5-7-18)13(19)20/h2-3,8-9H,4-7H2,1H3,(H,17,22)(H,19,20). The number of benzene rings is 1. The van der Waals surface area contributed by atoms with Crippen LogP contribution in [0.15, 0.2) is 18.2 Å². The fraction of sp³-hybridized carbons (Fsp3) is 0.400. The topological polar surface area (TPSA) is 95.9 Å². The van der Waals surface area contributed by atoms with Gasteiger partial charge in [-0.05, 0) is 31.0 Å². The predicted octanol–water partition coefficient (Wildman–Crippen LogP) is 2.46. The van der Waals surface area contributed by atoms with E-state index >= 15 is 0 Å². The number of urea groups is 1. The normalized spacial score (nSPS) is 15.1. The zero-order valence-corrected chi connectivity index (χ0v) is 13.3. The fourth-order valence-electron chi connectivity index (χ4n) is 2.40. The number of anilines is 1. The third kappa shape index (κ3) is 4.13. The van der Waals surface area contributed by atoms with E-state index in [4.69, 9.17) is 16.7 Å². The van der Waals surface area contributed by atoms with Gasteiger partial charge in [0.15, 0.2) is 0 Å². The van der Waals surface area contributed by atoms with Gasteiger partial charge in [0, 0.05) is 18.8 Å². The van der Waals surface area contributed by atoms with Crippen molar-refractivity contribution < 1.29 is 24.2 Å². The number of nitrogens with zero attached hydrogens (tertiary/aromatic N) is 1. The molecule has 1 aromatic carbocycles. The van der Waals surface area contributed by atoms with E-state index in [1.807, 2.05) is 0 Å². The number of hydrogen-bond acceptors (Lipinski definition) is 4. The molecule has 8 heteroatoms. The van der Waals surface area contributed by atoms with E-state index in [9.17, 15) is 14.4 Å². The van der Waals surface area contributed by atoms with E-state index in [1.54, 1.807) is 11.0 Å². The van der Waals surface area contributed by atoms with Crippen LogP contribution in [0.3, 0.4) is 0 Å². The van der Waals surface area contributed by atoms with Crippen molar-refractivity contribution in [3.63, 3.8) is 0 Å². The molecule has 0 saturated carbocycles. The van der Waals surface area contributed by atoms with Crippen molar-refractivity contribution in [1.82, 2.24) is 4.90 Å². The maximum Gasteiger partial charge on any atom is 0.339 e. The maximum atomic E-state index is 12.2. The molecule has 0 bridgehead atoms. The number of nitrogens with one attached hydrogen (secondary N) is 1. The third-order valence-electron chi connectivity index (χ3n) is 3.76. The first-order valence-corrected chi connectivity index (χ1v) is 7.46. The SMILES string of the molecule is COC(=O)c1ccc(NC(=O)N2CCC(C(=O)O)CC2)cc1Cl. The van der Waals surface area contributed by atoms with Crippen molar-refractivity contribution in [3.05, 3.63) is 28.8 Å². The summed E-state index contributed by atoms with van der Waals surface area (Å²) in [6.07, 6.45) is 0.871. The summed E-state index contributed by atoms with van der Waals surface area (Å²) in [4.78, 5) is 36.1. The Kier molecular flexibility index (Phi) is 5.44. The molecular weight excluding hydrogens is 324 g/mol. The molecule has 2 amide bonds. The average molecular weight is 341 g/mol. The minimum absolute atomic E-state index is 0.180. The van der Waals surface area contributed by atoms with Gasteiger partial charge in [-0.3, -0.25) is 4.79 Å². The monoisotopic (exact) mass is 340 g/mol. The van der Waals surface area contributed by atoms with Crippen molar-refractivity contribution >= 4 is 35.3 Å². The largest absolute Gasteiger partial charge is 0.481 e. The number of halogens is 1. The number of carbonyl (C=O) groups excluding carboxylic acids is 2. The molecule has 23 heavy (non-hydrogen) atoms. The number of piperidine rings is 1. The lowest BCUT2D eigenvalue weighted by molar-refractivity contribution is -0.143. The molecule has 7 nitrogen and oxygen atoms in total. The molecule has 124 valence electrons. The number of carbonyl (C=O) groups is 3. The molecule has 1 aliphatic rings. The van der Waals surface area contributed by atoms with Gasteiger partial charge in [0.25, 0.3) is 0 Å². The quantitative estimate of drug-likeness (QED) is 0.824. The minimum atomic E-state index is -0.824. The summed E-state index contributed by atoms with van der Waals surface area (Å²) in [6.45, 7) is 0.771. The van der Waals surface area contributed by atoms with Gasteiger partial charge in [0.2, 0.25) is 0 Å². The molecule has 1 aromatic rings. The highest BCUT2D eigenvalue weighted by Crippen LogP contribution is 2.23. The van der Waals surface area contributed by atoms with Crippen LogP contribution in [-0.2, 0) is 9.53 Å². The Morgan fingerprint density at radius 1 is 1.30 bits per heavy atom. The van der Waals surface area contributed by atoms with Crippen LogP contribution in [0.1, 0.15) is 23.2 Å². The average Bonchev–Trinajstić information content (AvgIpc) is 2.54. The number of hydrogen-bond donors (Lipinski definition) is 2. The van der Waals surface area contributed by atoms with Crippen molar-refractivity contribution in [3.8, 4) is 0 Å². The molecule has 2 rings (SSSR count). The highest BCUT2D eigenvalue weighted by Gasteiger charge is 2.27. The molecular formula is C15H17ClN2O5. The molecule has 0 aliphatic carbocycles. The summed E-state index contributed by atoms with van der Waals surface area (Å²) >= 11 is 6.00. The number of carboxylic acids is 1. The summed E-state index contributed by atoms with van der Waals surface area (Å²) in [6, 6.07) is 4.17. The van der Waals surface area contributed by atoms with E-state index in [0.29, 0.717) is 31.6 Å². The first kappa shape index (κ1) is 17.1. The summed E-state index contributed by atoms with van der Waals surface area (Å²) < 4.78 is 4.60. The molecule has 1 fully saturated rings. The van der Waals surface area contributed by atoms with Crippen LogP contribution in [0.4, 0.5) is 10.5 Å². The van der Waals surface area contributed by atoms with E-state index < -0.39 is 17.9 Å². The first-order valence-electron chi connectivity index (χ1n) is 7.09. The Morgan fingerprint density at radius 2 is 1.96 bits per heavy atom. The molecule has 0 aromatic heterocycles. The lowest BCUT2D eigenvalue weighted by Gasteiger charge is -2.30. The fourth-order valence-corrected chi connectivity index (χ4v) is 2.66. The molecule has 1 saturated heterocycles. The van der Waals surface area contributed by atoms with Crippen LogP contribution in [-0.4, -0.2) is 48.2 Å². The summed E-state index contributed by atoms with van der Waals surface area (Å²) in [5.74, 6) is -1.77. The highest BCUT2D eigenvalue weighted by atomic mass is 35.5. The Bertz CT molecular complexity index is 626. The lowest BCUT2D eigenvalue weighted by atomic mass is 9.97. The zero-order chi connectivity index (χ0) is 17.0. The number of amides is 2. The molecule has 0 unspecified atom stereocenters. The van der Waals surface area contributed by atoms with Crippen LogP contribution in [0.5, 0.6) is 0 Å². The van der Waals surface area contributed by atoms with Crippen molar-refractivity contribution in [2.45, 2.75) is 12.8 Å². The van der Waals surface area contributed by atoms with E-state index in [-0.39, 0.29) is 16.6 Å². The second kappa shape index (κ2) is 7.32. The van der Waals surface area contributed by atoms with Crippen LogP contribution in [0.2, 0.25) is 5.02 Å². The first-order chi connectivity index (χ1) is 10.9. The van der Waals surface area contributed by atoms with Gasteiger partial charge in [-0.1, -0.05) is 11.6 Å². The van der Waals surface area contributed by atoms with Gasteiger partial charge >= 0.3 is 18.0 Å². The molecule has 1 heterocycles. The van der Waals surface area contributed by atoms with Crippen LogP contribution < -0.4 is 5.32 Å². The van der Waals surface area contributed by atoms with E-state index in [1.165, 1.54) is 19.2 Å². The van der Waals surface area contributed by atoms with Crippen molar-refractivity contribution in [2.24, 2.45) is 5.92 Å². The Balaban J connectivity index is 1.97. The van der Waals surface area contributed by atoms with Crippen LogP contribution in [0.25, 0.3) is 0 Å². The summed E-state index contributed by atoms with van der Waals surface area (Å²) in [5.41, 5.74) is 0.669. The third-order valence-corrected chi connectivity index (χ3v) is 4.07. The van der Waals surface area contributed by atoms with Gasteiger partial charge < -0.3 is 20.1 Å². The van der Waals surface area contributed by atoms with Crippen LogP contribution in [0, 0.1) is 5.92 Å². The smallest absolute Gasteiger partial charge is 0.339 e. The minimum Gasteiger partial charge on any atom is -0.481 e. The predicted molar refractivity (Wildman–Crippen MR) is 83.7 cm³/mol. The number of ether oxygens (including phenoxy) is 1. The van der Waals surface area contributed by atoms with Gasteiger partial charge in [-0.25, -0.2) is 9.59 Å². The van der Waals surface area contributed by atoms with E-state index in [2.05, 4.69) is 10.1 Å². The van der Waals surface area contributed by atoms with Crippen molar-refractivity contribution in [2.75, 3.05) is 25.5 Å². The summed E-state index contributed by atoms with van der Waals surface area (Å²) in [7, 11) is 1.26. The Morgan fingerprint density at radius 3 is 2.48 bits per heavy atom. The van der Waals surface area contributed by atoms with Gasteiger partial charge in [-0.15, -0.1) is 0 Å². The number of carboxylic acid groups (broad SMARTS) is 1. The highest BCUT2D eigenvalue weighted by molar-refractivity contribution is 6.33. The zero-order valence-electron chi connectivity index (χ0n) is 12.5. The molecule has 0 atom stereocenters. The number of aliphatic carboxylic acids is 1. The Hall–Kier alpha value is -2.28. The molecule has 0 spiro atoms. The van der Waals surface area contributed by atoms with Crippen LogP contribution >= 0.6 is 11.6 Å². The second-order valence-electron chi connectivity index (χ2n) is 5.22. The number of methoxy groups -OCH3 is 1. The molecule has 0 radical (unpaired) electrons. The van der Waals surface area contributed by atoms with Gasteiger partial charge in [-0.2, -0.15) is 0 Å².